The van der Waals surface area contributed by atoms with E-state index in [2.05, 4.69) is 37.1 Å². The minimum Gasteiger partial charge on any atom is -0.324 e. The Balaban J connectivity index is 2.82. The number of nitrogens with one attached hydrogen (secondary N) is 1. The van der Waals surface area contributed by atoms with Crippen LogP contribution >= 0.6 is 0 Å². The molecule has 1 rings (SSSR count). The fourth-order valence-electron chi connectivity index (χ4n) is 2.23. The molecule has 0 aliphatic carbocycles. The Bertz CT molecular complexity index is 491. The molecule has 4 heteroatoms. The number of nitrogens with zero attached hydrogens (tertiary/aromatic N) is 2. The summed E-state index contributed by atoms with van der Waals surface area (Å²) in [5.74, 6) is -0.0742. The summed E-state index contributed by atoms with van der Waals surface area (Å²) in [6, 6.07) is 9.23. The molecule has 1 aromatic carbocycles. The molecule has 0 aliphatic heterocycles. The summed E-state index contributed by atoms with van der Waals surface area (Å²) in [5, 5.41) is 11.9. The number of hydrogen-bond acceptors (Lipinski definition) is 3. The number of anilines is 1. The molecule has 0 aromatic heterocycles. The lowest BCUT2D eigenvalue weighted by Gasteiger charge is -2.31. The lowest BCUT2D eigenvalue weighted by atomic mass is 10.1. The first kappa shape index (κ1) is 16.2. The number of benzene rings is 1. The van der Waals surface area contributed by atoms with Crippen molar-refractivity contribution in [2.75, 3.05) is 11.9 Å². The van der Waals surface area contributed by atoms with Crippen molar-refractivity contribution in [3.63, 3.8) is 0 Å². The quantitative estimate of drug-likeness (QED) is 0.866. The average molecular weight is 273 g/mol. The van der Waals surface area contributed by atoms with E-state index in [1.54, 1.807) is 18.2 Å². The van der Waals surface area contributed by atoms with Crippen molar-refractivity contribution in [3.8, 4) is 6.07 Å². The third kappa shape index (κ3) is 4.07. The molecule has 1 unspecified atom stereocenters. The summed E-state index contributed by atoms with van der Waals surface area (Å²) < 4.78 is 0. The number of amides is 1. The van der Waals surface area contributed by atoms with E-state index in [1.807, 2.05) is 13.0 Å². The molecule has 20 heavy (non-hydrogen) atoms. The van der Waals surface area contributed by atoms with Gasteiger partial charge >= 0.3 is 0 Å². The molecule has 0 saturated heterocycles. The normalized spacial score (nSPS) is 12.2. The lowest BCUT2D eigenvalue weighted by Crippen LogP contribution is -2.46. The molecule has 0 aliphatic rings. The average Bonchev–Trinajstić information content (AvgIpc) is 2.44. The third-order valence-corrected chi connectivity index (χ3v) is 3.33. The van der Waals surface area contributed by atoms with Crippen LogP contribution in [0.1, 0.15) is 39.7 Å². The van der Waals surface area contributed by atoms with Crippen LogP contribution in [0.4, 0.5) is 5.69 Å². The molecule has 1 atom stereocenters. The minimum atomic E-state index is -0.221. The zero-order chi connectivity index (χ0) is 15.1. The molecule has 1 amide bonds. The van der Waals surface area contributed by atoms with Crippen LogP contribution in [0.3, 0.4) is 0 Å². The number of carbonyl (C=O) groups is 1. The van der Waals surface area contributed by atoms with Crippen molar-refractivity contribution >= 4 is 11.6 Å². The fraction of sp³-hybridized carbons (Fsp3) is 0.500. The smallest absolute Gasteiger partial charge is 0.241 e. The molecular formula is C16H23N3O. The van der Waals surface area contributed by atoms with Gasteiger partial charge in [0, 0.05) is 6.04 Å². The van der Waals surface area contributed by atoms with Gasteiger partial charge in [0.2, 0.25) is 5.91 Å². The van der Waals surface area contributed by atoms with Gasteiger partial charge in [-0.1, -0.05) is 19.1 Å². The Labute approximate surface area is 121 Å². The van der Waals surface area contributed by atoms with Crippen LogP contribution in [-0.4, -0.2) is 29.4 Å². The molecule has 4 nitrogen and oxygen atoms in total. The van der Waals surface area contributed by atoms with Crippen molar-refractivity contribution in [2.45, 2.75) is 46.2 Å². The molecule has 0 bridgehead atoms. The Morgan fingerprint density at radius 3 is 2.55 bits per heavy atom. The molecule has 1 aromatic rings. The van der Waals surface area contributed by atoms with E-state index in [4.69, 9.17) is 5.26 Å². The van der Waals surface area contributed by atoms with E-state index in [0.29, 0.717) is 17.3 Å². The Morgan fingerprint density at radius 2 is 2.00 bits per heavy atom. The van der Waals surface area contributed by atoms with Crippen molar-refractivity contribution in [3.05, 3.63) is 29.8 Å². The van der Waals surface area contributed by atoms with E-state index in [-0.39, 0.29) is 11.9 Å². The van der Waals surface area contributed by atoms with Gasteiger partial charge in [0.15, 0.2) is 0 Å². The first-order valence-electron chi connectivity index (χ1n) is 7.07. The summed E-state index contributed by atoms with van der Waals surface area (Å²) >= 11 is 0. The molecule has 0 spiro atoms. The number of hydrogen-bond donors (Lipinski definition) is 1. The molecule has 108 valence electrons. The molecule has 0 saturated carbocycles. The van der Waals surface area contributed by atoms with Crippen molar-refractivity contribution in [1.29, 1.82) is 5.26 Å². The fourth-order valence-corrected chi connectivity index (χ4v) is 2.23. The Morgan fingerprint density at radius 1 is 1.35 bits per heavy atom. The van der Waals surface area contributed by atoms with Gasteiger partial charge in [-0.2, -0.15) is 5.26 Å². The van der Waals surface area contributed by atoms with Gasteiger partial charge in [-0.3, -0.25) is 9.69 Å². The number of carbonyl (C=O) groups excluding carboxylic acids is 1. The standard InChI is InChI=1S/C16H23N3O/c1-5-10-19(12(2)3)13(4)16(20)18-15-9-7-6-8-14(15)11-17/h6-9,12-13H,5,10H2,1-4H3,(H,18,20). The topological polar surface area (TPSA) is 56.1 Å². The van der Waals surface area contributed by atoms with Gasteiger partial charge in [0.05, 0.1) is 17.3 Å². The Kier molecular flexibility index (Phi) is 6.20. The van der Waals surface area contributed by atoms with E-state index < -0.39 is 0 Å². The monoisotopic (exact) mass is 273 g/mol. The molecule has 0 heterocycles. The van der Waals surface area contributed by atoms with E-state index in [0.717, 1.165) is 13.0 Å². The number of nitriles is 1. The largest absolute Gasteiger partial charge is 0.324 e. The van der Waals surface area contributed by atoms with Gasteiger partial charge in [-0.15, -0.1) is 0 Å². The second-order valence-corrected chi connectivity index (χ2v) is 5.15. The molecule has 1 N–H and O–H groups in total. The summed E-state index contributed by atoms with van der Waals surface area (Å²) in [6.45, 7) is 9.06. The van der Waals surface area contributed by atoms with Gasteiger partial charge in [0.25, 0.3) is 0 Å². The molecular weight excluding hydrogens is 250 g/mol. The minimum absolute atomic E-state index is 0.0742. The number of para-hydroxylation sites is 1. The maximum atomic E-state index is 12.3. The van der Waals surface area contributed by atoms with Crippen molar-refractivity contribution < 1.29 is 4.79 Å². The van der Waals surface area contributed by atoms with Crippen LogP contribution in [0.15, 0.2) is 24.3 Å². The van der Waals surface area contributed by atoms with Crippen molar-refractivity contribution in [1.82, 2.24) is 4.90 Å². The van der Waals surface area contributed by atoms with Crippen LogP contribution < -0.4 is 5.32 Å². The van der Waals surface area contributed by atoms with Gasteiger partial charge in [-0.05, 0) is 45.9 Å². The number of rotatable bonds is 6. The van der Waals surface area contributed by atoms with Crippen LogP contribution in [0.25, 0.3) is 0 Å². The molecule has 0 fully saturated rings. The maximum absolute atomic E-state index is 12.3. The first-order valence-corrected chi connectivity index (χ1v) is 7.07. The van der Waals surface area contributed by atoms with E-state index in [9.17, 15) is 4.79 Å². The van der Waals surface area contributed by atoms with Gasteiger partial charge in [0.1, 0.15) is 6.07 Å². The first-order chi connectivity index (χ1) is 9.51. The summed E-state index contributed by atoms with van der Waals surface area (Å²) in [7, 11) is 0. The lowest BCUT2D eigenvalue weighted by molar-refractivity contribution is -0.121. The van der Waals surface area contributed by atoms with Crippen LogP contribution in [0, 0.1) is 11.3 Å². The van der Waals surface area contributed by atoms with E-state index >= 15 is 0 Å². The predicted molar refractivity (Wildman–Crippen MR) is 81.4 cm³/mol. The summed E-state index contributed by atoms with van der Waals surface area (Å²) in [6.07, 6.45) is 1.00. The zero-order valence-corrected chi connectivity index (χ0v) is 12.7. The van der Waals surface area contributed by atoms with Crippen molar-refractivity contribution in [2.24, 2.45) is 0 Å². The highest BCUT2D eigenvalue weighted by Crippen LogP contribution is 2.15. The predicted octanol–water partition coefficient (Wildman–Crippen LogP) is 3.01. The zero-order valence-electron chi connectivity index (χ0n) is 12.7. The van der Waals surface area contributed by atoms with Crippen LogP contribution in [0.2, 0.25) is 0 Å². The summed E-state index contributed by atoms with van der Waals surface area (Å²) in [5.41, 5.74) is 1.06. The Hall–Kier alpha value is -1.86. The van der Waals surface area contributed by atoms with Gasteiger partial charge < -0.3 is 5.32 Å². The highest BCUT2D eigenvalue weighted by molar-refractivity contribution is 5.95. The molecule has 0 radical (unpaired) electrons. The second kappa shape index (κ2) is 7.66. The third-order valence-electron chi connectivity index (χ3n) is 3.33. The highest BCUT2D eigenvalue weighted by Gasteiger charge is 2.23. The van der Waals surface area contributed by atoms with Gasteiger partial charge in [-0.25, -0.2) is 0 Å². The SMILES string of the molecule is CCCN(C(C)C)C(C)C(=O)Nc1ccccc1C#N. The second-order valence-electron chi connectivity index (χ2n) is 5.15. The highest BCUT2D eigenvalue weighted by atomic mass is 16.2. The van der Waals surface area contributed by atoms with Crippen LogP contribution in [0.5, 0.6) is 0 Å². The van der Waals surface area contributed by atoms with E-state index in [1.165, 1.54) is 0 Å². The maximum Gasteiger partial charge on any atom is 0.241 e. The summed E-state index contributed by atoms with van der Waals surface area (Å²) in [4.78, 5) is 14.5. The van der Waals surface area contributed by atoms with Crippen LogP contribution in [-0.2, 0) is 4.79 Å².